The average molecular weight is 459 g/mol. The summed E-state index contributed by atoms with van der Waals surface area (Å²) in [6, 6.07) is 12.4. The molecular weight excluding hydrogens is 443 g/mol. The number of halogens is 2. The fourth-order valence-electron chi connectivity index (χ4n) is 2.93. The zero-order valence-corrected chi connectivity index (χ0v) is 18.2. The number of aromatic nitrogens is 5. The summed E-state index contributed by atoms with van der Waals surface area (Å²) in [7, 11) is 0. The summed E-state index contributed by atoms with van der Waals surface area (Å²) in [5.74, 6) is -0.144. The van der Waals surface area contributed by atoms with Gasteiger partial charge in [-0.25, -0.2) is 9.67 Å². The highest BCUT2D eigenvalue weighted by atomic mass is 35.5. The van der Waals surface area contributed by atoms with E-state index in [4.69, 9.17) is 23.2 Å². The van der Waals surface area contributed by atoms with E-state index in [2.05, 4.69) is 20.5 Å². The third-order valence-electron chi connectivity index (χ3n) is 4.33. The van der Waals surface area contributed by atoms with Crippen LogP contribution in [0.4, 0.5) is 5.13 Å². The molecule has 4 aromatic rings. The van der Waals surface area contributed by atoms with Gasteiger partial charge in [0.05, 0.1) is 16.4 Å². The Morgan fingerprint density at radius 3 is 2.80 bits per heavy atom. The first-order valence-electron chi connectivity index (χ1n) is 9.13. The van der Waals surface area contributed by atoms with Gasteiger partial charge in [-0.3, -0.25) is 9.69 Å². The Balaban J connectivity index is 1.65. The van der Waals surface area contributed by atoms with Crippen molar-refractivity contribution in [3.63, 3.8) is 0 Å². The zero-order valence-electron chi connectivity index (χ0n) is 15.9. The number of hydrogen-bond acceptors (Lipinski definition) is 6. The van der Waals surface area contributed by atoms with Crippen LogP contribution in [0.2, 0.25) is 10.0 Å². The first-order valence-corrected chi connectivity index (χ1v) is 10.8. The second-order valence-corrected chi connectivity index (χ2v) is 8.08. The first-order chi connectivity index (χ1) is 14.6. The normalized spacial score (nSPS) is 10.9. The lowest BCUT2D eigenvalue weighted by molar-refractivity contribution is 0.0987. The number of rotatable bonds is 6. The highest BCUT2D eigenvalue weighted by Crippen LogP contribution is 2.34. The SMILES string of the molecule is CCCN(C(=O)c1cccc(-n2cnnn2)c1)c1nc(-c2ccc(Cl)cc2Cl)cs1. The molecule has 0 radical (unpaired) electrons. The molecule has 0 N–H and O–H groups in total. The minimum Gasteiger partial charge on any atom is -0.284 e. The van der Waals surface area contributed by atoms with E-state index in [0.29, 0.717) is 38.7 Å². The molecule has 152 valence electrons. The van der Waals surface area contributed by atoms with Crippen LogP contribution >= 0.6 is 34.5 Å². The van der Waals surface area contributed by atoms with Crippen molar-refractivity contribution in [2.45, 2.75) is 13.3 Å². The van der Waals surface area contributed by atoms with Crippen molar-refractivity contribution in [3.8, 4) is 16.9 Å². The topological polar surface area (TPSA) is 76.8 Å². The molecular formula is C20H16Cl2N6OS. The lowest BCUT2D eigenvalue weighted by Crippen LogP contribution is -2.31. The van der Waals surface area contributed by atoms with Crippen LogP contribution in [0.1, 0.15) is 23.7 Å². The van der Waals surface area contributed by atoms with Gasteiger partial charge in [0.2, 0.25) is 0 Å². The van der Waals surface area contributed by atoms with Gasteiger partial charge in [0, 0.05) is 28.1 Å². The Kier molecular flexibility index (Phi) is 6.08. The molecule has 4 rings (SSSR count). The van der Waals surface area contributed by atoms with Gasteiger partial charge in [0.15, 0.2) is 5.13 Å². The van der Waals surface area contributed by atoms with Gasteiger partial charge >= 0.3 is 0 Å². The van der Waals surface area contributed by atoms with Crippen molar-refractivity contribution in [1.29, 1.82) is 0 Å². The molecule has 0 aliphatic heterocycles. The number of tetrazole rings is 1. The van der Waals surface area contributed by atoms with Crippen LogP contribution in [0.5, 0.6) is 0 Å². The molecule has 0 spiro atoms. The third kappa shape index (κ3) is 4.21. The number of hydrogen-bond donors (Lipinski definition) is 0. The van der Waals surface area contributed by atoms with Gasteiger partial charge < -0.3 is 0 Å². The summed E-state index contributed by atoms with van der Waals surface area (Å²) in [4.78, 5) is 19.6. The number of benzene rings is 2. The Morgan fingerprint density at radius 1 is 1.20 bits per heavy atom. The van der Waals surface area contributed by atoms with Crippen molar-refractivity contribution in [2.24, 2.45) is 0 Å². The Bertz CT molecular complexity index is 1180. The molecule has 0 aliphatic rings. The van der Waals surface area contributed by atoms with Crippen molar-refractivity contribution >= 4 is 45.6 Å². The highest BCUT2D eigenvalue weighted by molar-refractivity contribution is 7.14. The predicted molar refractivity (Wildman–Crippen MR) is 119 cm³/mol. The number of amides is 1. The number of carbonyl (C=O) groups excluding carboxylic acids is 1. The summed E-state index contributed by atoms with van der Waals surface area (Å²) in [5, 5.41) is 14.7. The molecule has 2 aromatic heterocycles. The predicted octanol–water partition coefficient (Wildman–Crippen LogP) is 5.15. The minimum absolute atomic E-state index is 0.144. The van der Waals surface area contributed by atoms with Gasteiger partial charge in [0.1, 0.15) is 6.33 Å². The quantitative estimate of drug-likeness (QED) is 0.399. The van der Waals surface area contributed by atoms with E-state index in [0.717, 1.165) is 12.0 Å². The highest BCUT2D eigenvalue weighted by Gasteiger charge is 2.21. The molecule has 2 heterocycles. The van der Waals surface area contributed by atoms with E-state index in [1.54, 1.807) is 35.2 Å². The molecule has 0 aliphatic carbocycles. The largest absolute Gasteiger partial charge is 0.284 e. The fourth-order valence-corrected chi connectivity index (χ4v) is 4.29. The number of anilines is 1. The summed E-state index contributed by atoms with van der Waals surface area (Å²) in [6.07, 6.45) is 2.27. The van der Waals surface area contributed by atoms with E-state index in [1.807, 2.05) is 24.4 Å². The molecule has 7 nitrogen and oxygen atoms in total. The average Bonchev–Trinajstić information content (AvgIpc) is 3.44. The number of carbonyl (C=O) groups is 1. The summed E-state index contributed by atoms with van der Waals surface area (Å²) >= 11 is 13.7. The van der Waals surface area contributed by atoms with Crippen LogP contribution in [0.25, 0.3) is 16.9 Å². The van der Waals surface area contributed by atoms with Gasteiger partial charge in [-0.1, -0.05) is 36.2 Å². The van der Waals surface area contributed by atoms with Crippen LogP contribution in [0.15, 0.2) is 54.2 Å². The van der Waals surface area contributed by atoms with Crippen molar-refractivity contribution in [2.75, 3.05) is 11.4 Å². The second kappa shape index (κ2) is 8.91. The number of thiazole rings is 1. The standard InChI is InChI=1S/C20H16Cl2N6OS/c1-2-8-27(19(29)13-4-3-5-15(9-13)28-12-23-25-26-28)20-24-18(11-30-20)16-7-6-14(21)10-17(16)22/h3-7,9-12H,2,8H2,1H3. The lowest BCUT2D eigenvalue weighted by Gasteiger charge is -2.19. The fraction of sp³-hybridized carbons (Fsp3) is 0.150. The monoisotopic (exact) mass is 458 g/mol. The van der Waals surface area contributed by atoms with E-state index >= 15 is 0 Å². The molecule has 0 fully saturated rings. The van der Waals surface area contributed by atoms with Crippen LogP contribution in [-0.4, -0.2) is 37.6 Å². The maximum Gasteiger partial charge on any atom is 0.260 e. The van der Waals surface area contributed by atoms with Crippen LogP contribution in [0, 0.1) is 0 Å². The van der Waals surface area contributed by atoms with Crippen LogP contribution < -0.4 is 4.90 Å². The summed E-state index contributed by atoms with van der Waals surface area (Å²) in [6.45, 7) is 2.55. The van der Waals surface area contributed by atoms with Crippen LogP contribution in [-0.2, 0) is 0 Å². The number of nitrogens with zero attached hydrogens (tertiary/aromatic N) is 6. The molecule has 10 heteroatoms. The van der Waals surface area contributed by atoms with Crippen molar-refractivity contribution in [1.82, 2.24) is 25.2 Å². The summed E-state index contributed by atoms with van der Waals surface area (Å²) < 4.78 is 1.50. The molecule has 0 bridgehead atoms. The smallest absolute Gasteiger partial charge is 0.260 e. The van der Waals surface area contributed by atoms with Gasteiger partial charge in [0.25, 0.3) is 5.91 Å². The Hall–Kier alpha value is -2.81. The summed E-state index contributed by atoms with van der Waals surface area (Å²) in [5.41, 5.74) is 2.70. The minimum atomic E-state index is -0.144. The van der Waals surface area contributed by atoms with E-state index in [-0.39, 0.29) is 5.91 Å². The van der Waals surface area contributed by atoms with E-state index in [1.165, 1.54) is 22.3 Å². The van der Waals surface area contributed by atoms with Crippen LogP contribution in [0.3, 0.4) is 0 Å². The van der Waals surface area contributed by atoms with Crippen molar-refractivity contribution in [3.05, 3.63) is 69.8 Å². The van der Waals surface area contributed by atoms with E-state index in [9.17, 15) is 4.79 Å². The van der Waals surface area contributed by atoms with E-state index < -0.39 is 0 Å². The molecule has 1 amide bonds. The lowest BCUT2D eigenvalue weighted by atomic mass is 10.1. The third-order valence-corrected chi connectivity index (χ3v) is 5.74. The van der Waals surface area contributed by atoms with Gasteiger partial charge in [-0.05, 0) is 53.2 Å². The maximum atomic E-state index is 13.3. The molecule has 30 heavy (non-hydrogen) atoms. The second-order valence-electron chi connectivity index (χ2n) is 6.40. The maximum absolute atomic E-state index is 13.3. The van der Waals surface area contributed by atoms with Crippen molar-refractivity contribution < 1.29 is 4.79 Å². The zero-order chi connectivity index (χ0) is 21.1. The molecule has 0 saturated carbocycles. The molecule has 0 saturated heterocycles. The van der Waals surface area contributed by atoms with Gasteiger partial charge in [-0.2, -0.15) is 0 Å². The Labute approximate surface area is 186 Å². The molecule has 0 atom stereocenters. The van der Waals surface area contributed by atoms with Gasteiger partial charge in [-0.15, -0.1) is 16.4 Å². The molecule has 0 unspecified atom stereocenters. The first kappa shape index (κ1) is 20.5. The Morgan fingerprint density at radius 2 is 2.07 bits per heavy atom. The molecule has 2 aromatic carbocycles.